The SMILES string of the molecule is COc1cc(C(C)(C)C)c(OP2Oc3ccccc3Oc3ccccc3O2)c(-c2c(C)c(OC)cc(C(C)(C)C)c2Op2oc3ccccc3c3ccccc3o2)c1C. The number of rotatable bonds is 7. The lowest BCUT2D eigenvalue weighted by Crippen LogP contribution is -2.17. The molecule has 0 fully saturated rings. The van der Waals surface area contributed by atoms with Gasteiger partial charge in [0.2, 0.25) is 0 Å². The van der Waals surface area contributed by atoms with Crippen LogP contribution in [0.3, 0.4) is 0 Å². The van der Waals surface area contributed by atoms with E-state index in [-0.39, 0.29) is 0 Å². The van der Waals surface area contributed by atoms with Crippen LogP contribution >= 0.6 is 16.8 Å². The van der Waals surface area contributed by atoms with Crippen molar-refractivity contribution in [2.24, 2.45) is 0 Å². The molecule has 0 bridgehead atoms. The molecular weight excluding hydrogens is 782 g/mol. The van der Waals surface area contributed by atoms with Crippen LogP contribution in [0.5, 0.6) is 46.0 Å². The molecule has 0 amide bonds. The van der Waals surface area contributed by atoms with Crippen molar-refractivity contribution >= 4 is 38.8 Å². The van der Waals surface area contributed by atoms with Gasteiger partial charge in [-0.25, -0.2) is 0 Å². The summed E-state index contributed by atoms with van der Waals surface area (Å²) in [6.45, 7) is 16.9. The zero-order valence-corrected chi connectivity index (χ0v) is 36.7. The van der Waals surface area contributed by atoms with E-state index in [1.807, 2.05) is 123 Å². The summed E-state index contributed by atoms with van der Waals surface area (Å²) in [7, 11) is -0.834. The molecule has 0 aliphatic carbocycles. The molecule has 304 valence electrons. The van der Waals surface area contributed by atoms with Crippen molar-refractivity contribution in [1.82, 2.24) is 0 Å². The second-order valence-electron chi connectivity index (χ2n) is 16.4. The summed E-state index contributed by atoms with van der Waals surface area (Å²) in [5, 5.41) is 1.84. The van der Waals surface area contributed by atoms with Gasteiger partial charge in [0.15, 0.2) is 23.0 Å². The van der Waals surface area contributed by atoms with Crippen LogP contribution in [0.2, 0.25) is 0 Å². The Morgan fingerprint density at radius 1 is 0.492 bits per heavy atom. The molecule has 0 N–H and O–H groups in total. The molecule has 0 spiro atoms. The van der Waals surface area contributed by atoms with Crippen LogP contribution < -0.4 is 32.3 Å². The molecule has 0 unspecified atom stereocenters. The molecule has 59 heavy (non-hydrogen) atoms. The van der Waals surface area contributed by atoms with Crippen molar-refractivity contribution in [3.05, 3.63) is 131 Å². The van der Waals surface area contributed by atoms with Crippen LogP contribution in [-0.4, -0.2) is 14.2 Å². The van der Waals surface area contributed by atoms with E-state index < -0.39 is 27.7 Å². The summed E-state index contributed by atoms with van der Waals surface area (Å²) < 4.78 is 59.5. The van der Waals surface area contributed by atoms with Crippen molar-refractivity contribution < 1.29 is 40.7 Å². The number of fused-ring (bicyclic) bond motifs is 5. The van der Waals surface area contributed by atoms with Crippen LogP contribution in [0.25, 0.3) is 33.1 Å². The highest BCUT2D eigenvalue weighted by atomic mass is 31.2. The minimum absolute atomic E-state index is 0.439. The fourth-order valence-corrected chi connectivity index (χ4v) is 9.42. The second-order valence-corrected chi connectivity index (χ2v) is 18.4. The van der Waals surface area contributed by atoms with Crippen LogP contribution in [0, 0.1) is 13.8 Å². The van der Waals surface area contributed by atoms with E-state index >= 15 is 0 Å². The molecule has 7 aromatic rings. The predicted molar refractivity (Wildman–Crippen MR) is 236 cm³/mol. The third-order valence-electron chi connectivity index (χ3n) is 10.3. The topological polar surface area (TPSA) is 90.9 Å². The lowest BCUT2D eigenvalue weighted by atomic mass is 9.79. The Morgan fingerprint density at radius 3 is 1.31 bits per heavy atom. The molecule has 0 radical (unpaired) electrons. The van der Waals surface area contributed by atoms with Gasteiger partial charge in [-0.3, -0.25) is 0 Å². The summed E-state index contributed by atoms with van der Waals surface area (Å²) in [6, 6.07) is 34.9. The van der Waals surface area contributed by atoms with Gasteiger partial charge in [-0.1, -0.05) is 102 Å². The van der Waals surface area contributed by atoms with Gasteiger partial charge in [0.1, 0.15) is 34.2 Å². The average molecular weight is 831 g/mol. The van der Waals surface area contributed by atoms with Crippen LogP contribution in [0.15, 0.2) is 118 Å². The van der Waals surface area contributed by atoms with Gasteiger partial charge in [-0.15, -0.1) is 0 Å². The van der Waals surface area contributed by atoms with E-state index in [1.165, 1.54) is 0 Å². The van der Waals surface area contributed by atoms with E-state index in [4.69, 9.17) is 40.7 Å². The molecule has 0 atom stereocenters. The Labute approximate surface area is 347 Å². The lowest BCUT2D eigenvalue weighted by Gasteiger charge is -2.32. The molecule has 6 aromatic carbocycles. The predicted octanol–water partition coefficient (Wildman–Crippen LogP) is 14.9. The molecule has 1 aliphatic rings. The summed E-state index contributed by atoms with van der Waals surface area (Å²) in [4.78, 5) is 0. The summed E-state index contributed by atoms with van der Waals surface area (Å²) in [5.41, 5.74) is 5.28. The van der Waals surface area contributed by atoms with Gasteiger partial charge >= 0.3 is 16.8 Å². The molecule has 9 nitrogen and oxygen atoms in total. The summed E-state index contributed by atoms with van der Waals surface area (Å²) in [5.74, 6) is 4.53. The molecule has 11 heteroatoms. The Hall–Kier alpha value is -5.75. The van der Waals surface area contributed by atoms with Crippen LogP contribution in [0.1, 0.15) is 63.8 Å². The van der Waals surface area contributed by atoms with Crippen molar-refractivity contribution in [1.29, 1.82) is 0 Å². The summed E-state index contributed by atoms with van der Waals surface area (Å²) in [6.07, 6.45) is 0. The van der Waals surface area contributed by atoms with E-state index in [0.29, 0.717) is 57.2 Å². The van der Waals surface area contributed by atoms with Crippen LogP contribution in [0.4, 0.5) is 0 Å². The van der Waals surface area contributed by atoms with Crippen molar-refractivity contribution in [3.8, 4) is 57.1 Å². The first-order valence-corrected chi connectivity index (χ1v) is 21.6. The van der Waals surface area contributed by atoms with E-state index in [1.54, 1.807) is 14.2 Å². The maximum absolute atomic E-state index is 7.20. The third kappa shape index (κ3) is 7.78. The first kappa shape index (κ1) is 40.0. The number of methoxy groups -OCH3 is 2. The monoisotopic (exact) mass is 830 g/mol. The van der Waals surface area contributed by atoms with E-state index in [0.717, 1.165) is 44.2 Å². The Morgan fingerprint density at radius 2 is 0.881 bits per heavy atom. The van der Waals surface area contributed by atoms with Gasteiger partial charge in [-0.2, -0.15) is 0 Å². The number of benzene rings is 6. The van der Waals surface area contributed by atoms with Gasteiger partial charge < -0.3 is 40.7 Å². The van der Waals surface area contributed by atoms with Crippen molar-refractivity contribution in [2.75, 3.05) is 14.2 Å². The largest absolute Gasteiger partial charge is 0.530 e. The number of para-hydroxylation sites is 6. The van der Waals surface area contributed by atoms with Crippen molar-refractivity contribution in [3.63, 3.8) is 0 Å². The van der Waals surface area contributed by atoms with Gasteiger partial charge in [0.05, 0.1) is 14.2 Å². The first-order chi connectivity index (χ1) is 28.2. The Kier molecular flexibility index (Phi) is 10.7. The lowest BCUT2D eigenvalue weighted by molar-refractivity contribution is 0.343. The maximum Gasteiger partial charge on any atom is 0.530 e. The quantitative estimate of drug-likeness (QED) is 0.146. The zero-order chi connectivity index (χ0) is 41.6. The molecule has 2 heterocycles. The number of ether oxygens (including phenoxy) is 3. The molecular formula is C48H48O9P2. The fourth-order valence-electron chi connectivity index (χ4n) is 7.25. The minimum atomic E-state index is -2.14. The third-order valence-corrected chi connectivity index (χ3v) is 12.3. The number of hydrogen-bond donors (Lipinski definition) is 0. The highest BCUT2D eigenvalue weighted by Gasteiger charge is 2.37. The first-order valence-electron chi connectivity index (χ1n) is 19.4. The van der Waals surface area contributed by atoms with E-state index in [2.05, 4.69) is 41.5 Å². The zero-order valence-electron chi connectivity index (χ0n) is 35.0. The molecule has 0 saturated carbocycles. The molecule has 1 aliphatic heterocycles. The van der Waals surface area contributed by atoms with Crippen molar-refractivity contribution in [2.45, 2.75) is 66.2 Å². The fraction of sp³-hybridized carbons (Fsp3) is 0.250. The van der Waals surface area contributed by atoms with Gasteiger partial charge in [0.25, 0.3) is 0 Å². The molecule has 8 rings (SSSR count). The standard InChI is InChI=1S/C48H48O9P2/c1-29-41(49-9)27-33(47(3,4)5)45(56-58-52-35-21-13-11-19-31(35)32-20-12-14-22-36(32)53-58)43(29)44-30(2)42(50-10)28-34(48(6,7)8)46(44)57-59-54-39-25-17-15-23-37(39)51-38-24-16-18-26-40(38)55-59/h11-28H,1-10H3. The Bertz CT molecular complexity index is 2640. The van der Waals surface area contributed by atoms with Gasteiger partial charge in [0, 0.05) is 44.2 Å². The maximum atomic E-state index is 7.20. The molecule has 1 aromatic heterocycles. The highest BCUT2D eigenvalue weighted by Crippen LogP contribution is 2.58. The summed E-state index contributed by atoms with van der Waals surface area (Å²) >= 11 is 0. The smallest absolute Gasteiger partial charge is 0.496 e. The Balaban J connectivity index is 1.43. The van der Waals surface area contributed by atoms with Crippen LogP contribution in [-0.2, 0) is 10.8 Å². The highest BCUT2D eigenvalue weighted by molar-refractivity contribution is 7.43. The second kappa shape index (κ2) is 15.8. The molecule has 0 saturated heterocycles. The average Bonchev–Trinajstić information content (AvgIpc) is 3.35. The normalized spacial score (nSPS) is 12.9. The minimum Gasteiger partial charge on any atom is -0.496 e. The van der Waals surface area contributed by atoms with Gasteiger partial charge in [-0.05, 0) is 73.2 Å². The van der Waals surface area contributed by atoms with E-state index in [9.17, 15) is 0 Å². The number of hydrogen-bond acceptors (Lipinski definition) is 9.